The van der Waals surface area contributed by atoms with Crippen molar-refractivity contribution in [3.8, 4) is 0 Å². The van der Waals surface area contributed by atoms with E-state index in [1.54, 1.807) is 12.5 Å². The molecule has 7 nitrogen and oxygen atoms in total. The van der Waals surface area contributed by atoms with Crippen LogP contribution in [-0.2, 0) is 11.3 Å². The SMILES string of the molecule is Cc1oc2ncnc(N3CCC(C(=O)NCc4ccccn4)CC3)c2c1C. The average molecular weight is 365 g/mol. The first kappa shape index (κ1) is 17.5. The van der Waals surface area contributed by atoms with E-state index in [0.717, 1.165) is 54.2 Å². The number of nitrogens with zero attached hydrogens (tertiary/aromatic N) is 4. The van der Waals surface area contributed by atoms with Crippen molar-refractivity contribution < 1.29 is 9.21 Å². The highest BCUT2D eigenvalue weighted by Gasteiger charge is 2.27. The summed E-state index contributed by atoms with van der Waals surface area (Å²) < 4.78 is 5.72. The van der Waals surface area contributed by atoms with Gasteiger partial charge >= 0.3 is 0 Å². The lowest BCUT2D eigenvalue weighted by atomic mass is 9.95. The van der Waals surface area contributed by atoms with Crippen LogP contribution in [0.2, 0.25) is 0 Å². The van der Waals surface area contributed by atoms with Crippen molar-refractivity contribution in [1.82, 2.24) is 20.3 Å². The van der Waals surface area contributed by atoms with Gasteiger partial charge in [-0.3, -0.25) is 9.78 Å². The normalized spacial score (nSPS) is 15.3. The van der Waals surface area contributed by atoms with E-state index >= 15 is 0 Å². The highest BCUT2D eigenvalue weighted by atomic mass is 16.3. The third-order valence-electron chi connectivity index (χ3n) is 5.28. The maximum Gasteiger partial charge on any atom is 0.231 e. The van der Waals surface area contributed by atoms with Gasteiger partial charge in [-0.2, -0.15) is 0 Å². The summed E-state index contributed by atoms with van der Waals surface area (Å²) in [4.78, 5) is 27.7. The van der Waals surface area contributed by atoms with E-state index in [-0.39, 0.29) is 11.8 Å². The number of carbonyl (C=O) groups excluding carboxylic acids is 1. The second-order valence-electron chi connectivity index (χ2n) is 6.96. The first-order valence-electron chi connectivity index (χ1n) is 9.26. The number of piperidine rings is 1. The first-order valence-corrected chi connectivity index (χ1v) is 9.26. The number of fused-ring (bicyclic) bond motifs is 1. The summed E-state index contributed by atoms with van der Waals surface area (Å²) in [6.45, 7) is 6.03. The van der Waals surface area contributed by atoms with Gasteiger partial charge in [0, 0.05) is 30.8 Å². The molecule has 1 aliphatic heterocycles. The Morgan fingerprint density at radius 1 is 1.22 bits per heavy atom. The summed E-state index contributed by atoms with van der Waals surface area (Å²) in [5, 5.41) is 3.98. The lowest BCUT2D eigenvalue weighted by molar-refractivity contribution is -0.125. The van der Waals surface area contributed by atoms with Gasteiger partial charge in [-0.25, -0.2) is 9.97 Å². The fourth-order valence-corrected chi connectivity index (χ4v) is 3.58. The Morgan fingerprint density at radius 2 is 2.04 bits per heavy atom. The van der Waals surface area contributed by atoms with Crippen LogP contribution in [0.15, 0.2) is 35.1 Å². The lowest BCUT2D eigenvalue weighted by Crippen LogP contribution is -2.40. The van der Waals surface area contributed by atoms with Crippen LogP contribution in [0, 0.1) is 19.8 Å². The monoisotopic (exact) mass is 365 g/mol. The van der Waals surface area contributed by atoms with E-state index in [9.17, 15) is 4.79 Å². The zero-order chi connectivity index (χ0) is 18.8. The second kappa shape index (κ2) is 7.34. The number of anilines is 1. The van der Waals surface area contributed by atoms with Crippen molar-refractivity contribution in [2.75, 3.05) is 18.0 Å². The Kier molecular flexibility index (Phi) is 4.75. The molecule has 0 unspecified atom stereocenters. The van der Waals surface area contributed by atoms with Crippen LogP contribution < -0.4 is 10.2 Å². The maximum absolute atomic E-state index is 12.5. The highest BCUT2D eigenvalue weighted by molar-refractivity contribution is 5.90. The van der Waals surface area contributed by atoms with E-state index in [2.05, 4.69) is 25.2 Å². The van der Waals surface area contributed by atoms with Crippen molar-refractivity contribution in [3.05, 3.63) is 47.7 Å². The molecular formula is C20H23N5O2. The largest absolute Gasteiger partial charge is 0.443 e. The van der Waals surface area contributed by atoms with E-state index in [1.807, 2.05) is 32.0 Å². The van der Waals surface area contributed by atoms with Crippen LogP contribution in [0.4, 0.5) is 5.82 Å². The van der Waals surface area contributed by atoms with E-state index in [0.29, 0.717) is 12.3 Å². The molecule has 4 heterocycles. The van der Waals surface area contributed by atoms with Gasteiger partial charge in [0.1, 0.15) is 17.9 Å². The number of hydrogen-bond acceptors (Lipinski definition) is 6. The molecule has 1 amide bonds. The van der Waals surface area contributed by atoms with E-state index < -0.39 is 0 Å². The molecule has 3 aromatic heterocycles. The number of furan rings is 1. The van der Waals surface area contributed by atoms with Crippen molar-refractivity contribution in [2.45, 2.75) is 33.2 Å². The lowest BCUT2D eigenvalue weighted by Gasteiger charge is -2.32. The molecule has 0 atom stereocenters. The molecule has 1 fully saturated rings. The summed E-state index contributed by atoms with van der Waals surface area (Å²) >= 11 is 0. The topological polar surface area (TPSA) is 84.2 Å². The zero-order valence-electron chi connectivity index (χ0n) is 15.6. The Hall–Kier alpha value is -2.96. The van der Waals surface area contributed by atoms with Gasteiger partial charge in [0.2, 0.25) is 11.6 Å². The smallest absolute Gasteiger partial charge is 0.231 e. The van der Waals surface area contributed by atoms with E-state index in [1.165, 1.54) is 0 Å². The number of carbonyl (C=O) groups is 1. The van der Waals surface area contributed by atoms with Crippen molar-refractivity contribution >= 4 is 22.8 Å². The minimum absolute atomic E-state index is 0.0227. The number of aromatic nitrogens is 3. The molecule has 0 spiro atoms. The van der Waals surface area contributed by atoms with Crippen LogP contribution in [0.25, 0.3) is 11.1 Å². The Morgan fingerprint density at radius 3 is 2.78 bits per heavy atom. The minimum atomic E-state index is 0.0227. The van der Waals surface area contributed by atoms with Crippen LogP contribution in [0.5, 0.6) is 0 Å². The van der Waals surface area contributed by atoms with Crippen LogP contribution in [-0.4, -0.2) is 33.9 Å². The van der Waals surface area contributed by atoms with Crippen LogP contribution >= 0.6 is 0 Å². The predicted octanol–water partition coefficient (Wildman–Crippen LogP) is 2.77. The van der Waals surface area contributed by atoms with Crippen molar-refractivity contribution in [3.63, 3.8) is 0 Å². The summed E-state index contributed by atoms with van der Waals surface area (Å²) in [6.07, 6.45) is 4.89. The highest BCUT2D eigenvalue weighted by Crippen LogP contribution is 2.32. The number of hydrogen-bond donors (Lipinski definition) is 1. The molecule has 0 radical (unpaired) electrons. The number of amides is 1. The molecule has 3 aromatic rings. The average Bonchev–Trinajstić information content (AvgIpc) is 3.01. The van der Waals surface area contributed by atoms with Crippen molar-refractivity contribution in [2.24, 2.45) is 5.92 Å². The Balaban J connectivity index is 1.40. The molecule has 1 saturated heterocycles. The summed E-state index contributed by atoms with van der Waals surface area (Å²) in [7, 11) is 0. The van der Waals surface area contributed by atoms with Gasteiger partial charge < -0.3 is 14.6 Å². The number of aryl methyl sites for hydroxylation is 2. The molecule has 0 saturated carbocycles. The van der Waals surface area contributed by atoms with Gasteiger partial charge in [-0.1, -0.05) is 6.07 Å². The van der Waals surface area contributed by atoms with Crippen LogP contribution in [0.3, 0.4) is 0 Å². The van der Waals surface area contributed by atoms with Gasteiger partial charge in [0.05, 0.1) is 17.6 Å². The molecule has 0 bridgehead atoms. The summed E-state index contributed by atoms with van der Waals surface area (Å²) in [6, 6.07) is 5.71. The predicted molar refractivity (Wildman–Crippen MR) is 102 cm³/mol. The Labute approximate surface area is 157 Å². The number of nitrogens with one attached hydrogen (secondary N) is 1. The zero-order valence-corrected chi connectivity index (χ0v) is 15.6. The van der Waals surface area contributed by atoms with Gasteiger partial charge in [-0.15, -0.1) is 0 Å². The molecule has 0 aliphatic carbocycles. The Bertz CT molecular complexity index is 946. The molecule has 1 N–H and O–H groups in total. The van der Waals surface area contributed by atoms with Gasteiger partial charge in [-0.05, 0) is 38.8 Å². The summed E-state index contributed by atoms with van der Waals surface area (Å²) in [5.74, 6) is 1.90. The fraction of sp³-hybridized carbons (Fsp3) is 0.400. The molecule has 1 aliphatic rings. The van der Waals surface area contributed by atoms with E-state index in [4.69, 9.17) is 4.42 Å². The molecule has 4 rings (SSSR count). The van der Waals surface area contributed by atoms with Crippen molar-refractivity contribution in [1.29, 1.82) is 0 Å². The molecule has 27 heavy (non-hydrogen) atoms. The number of pyridine rings is 1. The fourth-order valence-electron chi connectivity index (χ4n) is 3.58. The minimum Gasteiger partial charge on any atom is -0.443 e. The van der Waals surface area contributed by atoms with Crippen LogP contribution in [0.1, 0.15) is 29.9 Å². The quantitative estimate of drug-likeness (QED) is 0.765. The molecule has 140 valence electrons. The standard InChI is InChI=1S/C20H23N5O2/c1-13-14(2)27-20-17(13)18(23-12-24-20)25-9-6-15(7-10-25)19(26)22-11-16-5-3-4-8-21-16/h3-5,8,12,15H,6-7,9-11H2,1-2H3,(H,22,26). The maximum atomic E-state index is 12.5. The summed E-state index contributed by atoms with van der Waals surface area (Å²) in [5.41, 5.74) is 2.58. The third-order valence-corrected chi connectivity index (χ3v) is 5.28. The molecular weight excluding hydrogens is 342 g/mol. The first-order chi connectivity index (χ1) is 13.1. The number of rotatable bonds is 4. The van der Waals surface area contributed by atoms with Gasteiger partial charge in [0.15, 0.2) is 0 Å². The van der Waals surface area contributed by atoms with Gasteiger partial charge in [0.25, 0.3) is 0 Å². The molecule has 7 heteroatoms. The molecule has 0 aromatic carbocycles. The third kappa shape index (κ3) is 3.49. The second-order valence-corrected chi connectivity index (χ2v) is 6.96.